The predicted molar refractivity (Wildman–Crippen MR) is 119 cm³/mol. The fraction of sp³-hybridized carbons (Fsp3) is 0.320. The number of nitrogens with zero attached hydrogens (tertiary/aromatic N) is 2. The number of hydrogen-bond donors (Lipinski definition) is 2. The summed E-state index contributed by atoms with van der Waals surface area (Å²) in [7, 11) is 0. The Labute approximate surface area is 177 Å². The van der Waals surface area contributed by atoms with Gasteiger partial charge in [0, 0.05) is 43.8 Å². The van der Waals surface area contributed by atoms with Crippen molar-refractivity contribution in [2.45, 2.75) is 39.0 Å². The minimum Gasteiger partial charge on any atom is -0.296 e. The van der Waals surface area contributed by atoms with Crippen molar-refractivity contribution >= 4 is 16.7 Å². The van der Waals surface area contributed by atoms with Crippen molar-refractivity contribution in [3.05, 3.63) is 83.4 Å². The van der Waals surface area contributed by atoms with E-state index in [2.05, 4.69) is 66.1 Å². The minimum absolute atomic E-state index is 0.439. The number of carbonyl (C=O) groups excluding carboxylic acids is 1. The molecule has 3 aromatic rings. The number of amides is 1. The molecule has 0 spiro atoms. The number of nitrogens with one attached hydrogen (secondary N) is 1. The van der Waals surface area contributed by atoms with E-state index in [9.17, 15) is 4.79 Å². The van der Waals surface area contributed by atoms with E-state index in [1.165, 1.54) is 21.9 Å². The zero-order valence-corrected chi connectivity index (χ0v) is 17.6. The predicted octanol–water partition coefficient (Wildman–Crippen LogP) is 4.05. The van der Waals surface area contributed by atoms with Gasteiger partial charge in [0.1, 0.15) is 0 Å². The second-order valence-corrected chi connectivity index (χ2v) is 8.38. The molecule has 0 bridgehead atoms. The van der Waals surface area contributed by atoms with Gasteiger partial charge in [0.25, 0.3) is 5.91 Å². The van der Waals surface area contributed by atoms with E-state index >= 15 is 0 Å². The number of fused-ring (bicyclic) bond motifs is 1. The van der Waals surface area contributed by atoms with Gasteiger partial charge < -0.3 is 0 Å². The van der Waals surface area contributed by atoms with E-state index in [0.29, 0.717) is 17.6 Å². The summed E-state index contributed by atoms with van der Waals surface area (Å²) >= 11 is 0. The number of hydrogen-bond acceptors (Lipinski definition) is 4. The molecule has 0 aromatic heterocycles. The van der Waals surface area contributed by atoms with Gasteiger partial charge in [-0.05, 0) is 53.9 Å². The summed E-state index contributed by atoms with van der Waals surface area (Å²) in [5.74, 6) is -0.481. The van der Waals surface area contributed by atoms with Crippen LogP contribution in [0.2, 0.25) is 0 Å². The SMILES string of the molecule is C[C@@H]1CN(Cc2ccc3ccccc3c2)C[C@H](C)N1Cc1ccc(C(=O)NO)cc1. The quantitative estimate of drug-likeness (QED) is 0.498. The molecule has 0 unspecified atom stereocenters. The molecule has 1 aliphatic heterocycles. The van der Waals surface area contributed by atoms with Crippen LogP contribution in [0, 0.1) is 0 Å². The van der Waals surface area contributed by atoms with Crippen LogP contribution < -0.4 is 5.48 Å². The molecular weight excluding hydrogens is 374 g/mol. The third-order valence-electron chi connectivity index (χ3n) is 6.08. The van der Waals surface area contributed by atoms with Gasteiger partial charge in [0.05, 0.1) is 0 Å². The van der Waals surface area contributed by atoms with Crippen LogP contribution in [0.25, 0.3) is 10.8 Å². The molecule has 1 fully saturated rings. The van der Waals surface area contributed by atoms with Crippen molar-refractivity contribution in [3.8, 4) is 0 Å². The van der Waals surface area contributed by atoms with Gasteiger partial charge in [-0.15, -0.1) is 0 Å². The molecule has 5 heteroatoms. The van der Waals surface area contributed by atoms with Crippen LogP contribution in [0.1, 0.15) is 35.3 Å². The van der Waals surface area contributed by atoms with Crippen LogP contribution in [0.5, 0.6) is 0 Å². The lowest BCUT2D eigenvalue weighted by atomic mass is 10.0. The van der Waals surface area contributed by atoms with Crippen molar-refractivity contribution in [1.82, 2.24) is 15.3 Å². The molecule has 30 heavy (non-hydrogen) atoms. The molecular formula is C25H29N3O2. The van der Waals surface area contributed by atoms with Gasteiger partial charge in [-0.25, -0.2) is 5.48 Å². The molecule has 2 N–H and O–H groups in total. The first kappa shape index (κ1) is 20.5. The molecule has 4 rings (SSSR count). The van der Waals surface area contributed by atoms with Gasteiger partial charge in [-0.2, -0.15) is 0 Å². The number of piperazine rings is 1. The van der Waals surface area contributed by atoms with E-state index in [1.54, 1.807) is 17.6 Å². The van der Waals surface area contributed by atoms with Crippen LogP contribution in [0.15, 0.2) is 66.7 Å². The fourth-order valence-corrected chi connectivity index (χ4v) is 4.54. The van der Waals surface area contributed by atoms with Crippen molar-refractivity contribution in [2.75, 3.05) is 13.1 Å². The zero-order valence-electron chi connectivity index (χ0n) is 17.6. The maximum absolute atomic E-state index is 11.5. The molecule has 1 amide bonds. The first-order valence-electron chi connectivity index (χ1n) is 10.5. The normalized spacial score (nSPS) is 20.4. The molecule has 0 saturated carbocycles. The number of carbonyl (C=O) groups is 1. The maximum Gasteiger partial charge on any atom is 0.274 e. The molecule has 2 atom stereocenters. The number of benzene rings is 3. The number of rotatable bonds is 5. The standard InChI is InChI=1S/C25H29N3O2/c1-18-14-27(16-21-9-10-22-5-3-4-6-24(22)13-21)15-19(2)28(18)17-20-7-11-23(12-8-20)25(29)26-30/h3-13,18-19,30H,14-17H2,1-2H3,(H,26,29)/t18-,19+. The van der Waals surface area contributed by atoms with Gasteiger partial charge in [0.15, 0.2) is 0 Å². The maximum atomic E-state index is 11.5. The summed E-state index contributed by atoms with van der Waals surface area (Å²) in [5.41, 5.74) is 4.67. The van der Waals surface area contributed by atoms with E-state index in [1.807, 2.05) is 12.1 Å². The lowest BCUT2D eigenvalue weighted by molar-refractivity contribution is 0.0290. The monoisotopic (exact) mass is 403 g/mol. The average molecular weight is 404 g/mol. The molecule has 0 radical (unpaired) electrons. The highest BCUT2D eigenvalue weighted by atomic mass is 16.5. The Morgan fingerprint density at radius 2 is 1.53 bits per heavy atom. The summed E-state index contributed by atoms with van der Waals surface area (Å²) in [6.45, 7) is 8.46. The third kappa shape index (κ3) is 4.54. The van der Waals surface area contributed by atoms with Crippen molar-refractivity contribution in [3.63, 3.8) is 0 Å². The Hall–Kier alpha value is -2.73. The van der Waals surface area contributed by atoms with Gasteiger partial charge >= 0.3 is 0 Å². The van der Waals surface area contributed by atoms with Crippen LogP contribution >= 0.6 is 0 Å². The van der Waals surface area contributed by atoms with Gasteiger partial charge in [-0.3, -0.25) is 19.8 Å². The topological polar surface area (TPSA) is 55.8 Å². The van der Waals surface area contributed by atoms with Crippen molar-refractivity contribution < 1.29 is 10.0 Å². The lowest BCUT2D eigenvalue weighted by Crippen LogP contribution is -2.55. The van der Waals surface area contributed by atoms with Gasteiger partial charge in [0.2, 0.25) is 0 Å². The van der Waals surface area contributed by atoms with Gasteiger partial charge in [-0.1, -0.05) is 48.5 Å². The minimum atomic E-state index is -0.481. The molecule has 5 nitrogen and oxygen atoms in total. The highest BCUT2D eigenvalue weighted by molar-refractivity contribution is 5.93. The molecule has 3 aromatic carbocycles. The summed E-state index contributed by atoms with van der Waals surface area (Å²) in [5, 5.41) is 11.3. The summed E-state index contributed by atoms with van der Waals surface area (Å²) in [4.78, 5) is 16.6. The third-order valence-corrected chi connectivity index (χ3v) is 6.08. The fourth-order valence-electron chi connectivity index (χ4n) is 4.54. The summed E-state index contributed by atoms with van der Waals surface area (Å²) in [6.07, 6.45) is 0. The van der Waals surface area contributed by atoms with E-state index in [4.69, 9.17) is 5.21 Å². The highest BCUT2D eigenvalue weighted by Gasteiger charge is 2.29. The van der Waals surface area contributed by atoms with Crippen molar-refractivity contribution in [2.24, 2.45) is 0 Å². The van der Waals surface area contributed by atoms with Crippen LogP contribution in [-0.2, 0) is 13.1 Å². The van der Waals surface area contributed by atoms with Crippen LogP contribution in [0.4, 0.5) is 0 Å². The first-order valence-corrected chi connectivity index (χ1v) is 10.5. The Kier molecular flexibility index (Phi) is 6.13. The van der Waals surface area contributed by atoms with E-state index in [0.717, 1.165) is 26.2 Å². The van der Waals surface area contributed by atoms with Crippen LogP contribution in [0.3, 0.4) is 0 Å². The molecule has 0 aliphatic carbocycles. The Morgan fingerprint density at radius 3 is 2.20 bits per heavy atom. The Bertz CT molecular complexity index is 1010. The summed E-state index contributed by atoms with van der Waals surface area (Å²) in [6, 6.07) is 23.6. The van der Waals surface area contributed by atoms with Crippen LogP contribution in [-0.4, -0.2) is 46.1 Å². The average Bonchev–Trinajstić information content (AvgIpc) is 2.76. The number of hydroxylamine groups is 1. The highest BCUT2D eigenvalue weighted by Crippen LogP contribution is 2.22. The van der Waals surface area contributed by atoms with Crippen molar-refractivity contribution in [1.29, 1.82) is 0 Å². The molecule has 1 saturated heterocycles. The first-order chi connectivity index (χ1) is 14.5. The molecule has 156 valence electrons. The summed E-state index contributed by atoms with van der Waals surface area (Å²) < 4.78 is 0. The smallest absolute Gasteiger partial charge is 0.274 e. The largest absolute Gasteiger partial charge is 0.296 e. The second kappa shape index (κ2) is 8.96. The zero-order chi connectivity index (χ0) is 21.1. The van der Waals surface area contributed by atoms with E-state index < -0.39 is 5.91 Å². The van der Waals surface area contributed by atoms with E-state index in [-0.39, 0.29) is 0 Å². The Balaban J connectivity index is 1.39. The molecule has 1 heterocycles. The second-order valence-electron chi connectivity index (χ2n) is 8.38. The molecule has 1 aliphatic rings. The lowest BCUT2D eigenvalue weighted by Gasteiger charge is -2.44. The Morgan fingerprint density at radius 1 is 0.900 bits per heavy atom.